The van der Waals surface area contributed by atoms with Crippen molar-refractivity contribution in [3.05, 3.63) is 0 Å². The molecular weight excluding hydrogens is 208 g/mol. The molecule has 0 aromatic rings. The topological polar surface area (TPSA) is 74.6 Å². The van der Waals surface area contributed by atoms with Crippen LogP contribution in [0.5, 0.6) is 0 Å². The highest BCUT2D eigenvalue weighted by molar-refractivity contribution is 5.81. The van der Waals surface area contributed by atoms with Crippen LogP contribution in [0.2, 0.25) is 0 Å². The Morgan fingerprint density at radius 2 is 1.25 bits per heavy atom. The van der Waals surface area contributed by atoms with Crippen molar-refractivity contribution in [2.24, 2.45) is 22.7 Å². The average Bonchev–Trinajstić information content (AvgIpc) is 2.14. The predicted molar refractivity (Wildman–Crippen MR) is 54.8 cm³/mol. The minimum absolute atomic E-state index is 0.327. The number of carboxylic acids is 2. The van der Waals surface area contributed by atoms with Crippen molar-refractivity contribution in [3.63, 3.8) is 0 Å². The molecule has 0 aliphatic heterocycles. The van der Waals surface area contributed by atoms with E-state index in [4.69, 9.17) is 0 Å². The fourth-order valence-corrected chi connectivity index (χ4v) is 4.76. The van der Waals surface area contributed by atoms with E-state index in [0.717, 1.165) is 6.42 Å². The summed E-state index contributed by atoms with van der Waals surface area (Å²) in [6.45, 7) is 0. The van der Waals surface area contributed by atoms with E-state index in [1.54, 1.807) is 0 Å². The van der Waals surface area contributed by atoms with E-state index in [-0.39, 0.29) is 0 Å². The third-order valence-electron chi connectivity index (χ3n) is 4.97. The zero-order chi connectivity index (χ0) is 11.6. The van der Waals surface area contributed by atoms with Crippen LogP contribution in [0, 0.1) is 22.7 Å². The number of rotatable bonds is 2. The first-order valence-electron chi connectivity index (χ1n) is 5.93. The van der Waals surface area contributed by atoms with Crippen LogP contribution in [0.15, 0.2) is 0 Å². The van der Waals surface area contributed by atoms with Gasteiger partial charge in [0.1, 0.15) is 0 Å². The molecule has 4 aliphatic carbocycles. The maximum atomic E-state index is 11.4. The fraction of sp³-hybridized carbons (Fsp3) is 0.833. The summed E-state index contributed by atoms with van der Waals surface area (Å²) >= 11 is 0. The highest BCUT2D eigenvalue weighted by atomic mass is 16.4. The summed E-state index contributed by atoms with van der Waals surface area (Å²) in [4.78, 5) is 22.8. The van der Waals surface area contributed by atoms with E-state index in [1.165, 1.54) is 0 Å². The summed E-state index contributed by atoms with van der Waals surface area (Å²) in [6.07, 6.45) is 4.21. The van der Waals surface area contributed by atoms with E-state index in [9.17, 15) is 19.8 Å². The van der Waals surface area contributed by atoms with E-state index in [1.807, 2.05) is 0 Å². The Balaban J connectivity index is 2.03. The molecule has 16 heavy (non-hydrogen) atoms. The first kappa shape index (κ1) is 10.1. The summed E-state index contributed by atoms with van der Waals surface area (Å²) in [5.74, 6) is -0.888. The third-order valence-corrected chi connectivity index (χ3v) is 4.97. The highest BCUT2D eigenvalue weighted by Gasteiger charge is 2.63. The second-order valence-electron chi connectivity index (χ2n) is 6.13. The van der Waals surface area contributed by atoms with Crippen LogP contribution in [0.1, 0.15) is 38.5 Å². The molecule has 0 aromatic heterocycles. The zero-order valence-electron chi connectivity index (χ0n) is 9.11. The highest BCUT2D eigenvalue weighted by Crippen LogP contribution is 2.65. The summed E-state index contributed by atoms with van der Waals surface area (Å²) in [5.41, 5.74) is -1.44. The van der Waals surface area contributed by atoms with Gasteiger partial charge in [-0.2, -0.15) is 0 Å². The van der Waals surface area contributed by atoms with Gasteiger partial charge in [-0.25, -0.2) is 0 Å². The van der Waals surface area contributed by atoms with E-state index in [0.29, 0.717) is 43.9 Å². The summed E-state index contributed by atoms with van der Waals surface area (Å²) in [5, 5.41) is 18.8. The second-order valence-corrected chi connectivity index (χ2v) is 6.13. The summed E-state index contributed by atoms with van der Waals surface area (Å²) in [7, 11) is 0. The lowest BCUT2D eigenvalue weighted by Gasteiger charge is -2.58. The van der Waals surface area contributed by atoms with Crippen molar-refractivity contribution in [1.29, 1.82) is 0 Å². The average molecular weight is 224 g/mol. The molecule has 4 fully saturated rings. The Morgan fingerprint density at radius 3 is 1.56 bits per heavy atom. The van der Waals surface area contributed by atoms with Crippen LogP contribution in [-0.2, 0) is 9.59 Å². The number of aliphatic carboxylic acids is 2. The smallest absolute Gasteiger partial charge is 0.309 e. The maximum Gasteiger partial charge on any atom is 0.309 e. The number of hydrogen-bond acceptors (Lipinski definition) is 2. The lowest BCUT2D eigenvalue weighted by atomic mass is 9.44. The summed E-state index contributed by atoms with van der Waals surface area (Å²) < 4.78 is 0. The molecule has 0 saturated heterocycles. The van der Waals surface area contributed by atoms with Crippen LogP contribution in [0.25, 0.3) is 0 Å². The molecule has 4 rings (SSSR count). The van der Waals surface area contributed by atoms with Crippen molar-refractivity contribution in [3.8, 4) is 0 Å². The maximum absolute atomic E-state index is 11.4. The van der Waals surface area contributed by atoms with Gasteiger partial charge in [-0.05, 0) is 50.4 Å². The van der Waals surface area contributed by atoms with Crippen LogP contribution < -0.4 is 0 Å². The molecule has 4 nitrogen and oxygen atoms in total. The van der Waals surface area contributed by atoms with Gasteiger partial charge in [-0.1, -0.05) is 0 Å². The van der Waals surface area contributed by atoms with Gasteiger partial charge in [0.05, 0.1) is 10.8 Å². The Hall–Kier alpha value is -1.06. The Bertz CT molecular complexity index is 327. The van der Waals surface area contributed by atoms with Crippen molar-refractivity contribution >= 4 is 11.9 Å². The normalized spacial score (nSPS) is 49.2. The Kier molecular flexibility index (Phi) is 1.76. The molecule has 4 saturated carbocycles. The molecule has 0 unspecified atom stereocenters. The van der Waals surface area contributed by atoms with Crippen LogP contribution in [0.3, 0.4) is 0 Å². The van der Waals surface area contributed by atoms with E-state index < -0.39 is 22.8 Å². The first-order valence-corrected chi connectivity index (χ1v) is 5.93. The van der Waals surface area contributed by atoms with E-state index in [2.05, 4.69) is 0 Å². The lowest BCUT2D eigenvalue weighted by Crippen LogP contribution is -2.57. The van der Waals surface area contributed by atoms with Crippen LogP contribution in [-0.4, -0.2) is 22.2 Å². The van der Waals surface area contributed by atoms with E-state index >= 15 is 0 Å². The second kappa shape index (κ2) is 2.79. The largest absolute Gasteiger partial charge is 0.481 e. The molecule has 4 aliphatic rings. The van der Waals surface area contributed by atoms with Gasteiger partial charge in [0.25, 0.3) is 0 Å². The molecule has 4 heteroatoms. The van der Waals surface area contributed by atoms with Crippen molar-refractivity contribution < 1.29 is 19.8 Å². The fourth-order valence-electron chi connectivity index (χ4n) is 4.76. The van der Waals surface area contributed by atoms with Gasteiger partial charge in [0.15, 0.2) is 0 Å². The van der Waals surface area contributed by atoms with Crippen molar-refractivity contribution in [2.45, 2.75) is 38.5 Å². The molecule has 2 N–H and O–H groups in total. The van der Waals surface area contributed by atoms with Gasteiger partial charge in [0.2, 0.25) is 0 Å². The Morgan fingerprint density at radius 1 is 0.875 bits per heavy atom. The third kappa shape index (κ3) is 1.10. The van der Waals surface area contributed by atoms with Gasteiger partial charge in [0, 0.05) is 0 Å². The van der Waals surface area contributed by atoms with Gasteiger partial charge >= 0.3 is 11.9 Å². The first-order chi connectivity index (χ1) is 7.46. The van der Waals surface area contributed by atoms with Gasteiger partial charge < -0.3 is 10.2 Å². The number of carbonyl (C=O) groups is 2. The molecule has 0 spiro atoms. The Labute approximate surface area is 93.6 Å². The molecule has 0 amide bonds. The van der Waals surface area contributed by atoms with Crippen LogP contribution >= 0.6 is 0 Å². The van der Waals surface area contributed by atoms with Crippen molar-refractivity contribution in [1.82, 2.24) is 0 Å². The van der Waals surface area contributed by atoms with Gasteiger partial charge in [-0.15, -0.1) is 0 Å². The molecule has 88 valence electrons. The number of hydrogen-bond donors (Lipinski definition) is 2. The standard InChI is InChI=1S/C12H16O4/c13-9(14)11-2-7-1-8(4-11)5-12(3-7,6-11)10(15)16/h7-8H,1-6H2,(H,13,14)(H,15,16)/t7-,8+,11+,12?. The molecule has 0 radical (unpaired) electrons. The van der Waals surface area contributed by atoms with Crippen LogP contribution in [0.4, 0.5) is 0 Å². The molecule has 0 aromatic carbocycles. The van der Waals surface area contributed by atoms with Crippen molar-refractivity contribution in [2.75, 3.05) is 0 Å². The minimum Gasteiger partial charge on any atom is -0.481 e. The monoisotopic (exact) mass is 224 g/mol. The molecule has 4 bridgehead atoms. The molecule has 0 atom stereocenters. The SMILES string of the molecule is O=C(O)C12C[C@H]3C[C@@H](C1)C[C@@](C(=O)O)(C2)C3. The predicted octanol–water partition coefficient (Wildman–Crippen LogP) is 1.74. The van der Waals surface area contributed by atoms with Gasteiger partial charge in [-0.3, -0.25) is 9.59 Å². The zero-order valence-corrected chi connectivity index (χ0v) is 9.11. The quantitative estimate of drug-likeness (QED) is 0.749. The summed E-state index contributed by atoms with van der Waals surface area (Å²) in [6, 6.07) is 0. The lowest BCUT2D eigenvalue weighted by molar-refractivity contribution is -0.187. The molecule has 0 heterocycles. The number of carboxylic acid groups (broad SMARTS) is 2. The molecular formula is C12H16O4. The minimum atomic E-state index is -0.771.